The maximum Gasteiger partial charge on any atom is 0.408 e. The molecule has 0 aliphatic carbocycles. The Labute approximate surface area is 213 Å². The van der Waals surface area contributed by atoms with Crippen LogP contribution in [0.4, 0.5) is 9.59 Å². The van der Waals surface area contributed by atoms with Crippen LogP contribution in [0.1, 0.15) is 64.8 Å². The Hall–Kier alpha value is -3.46. The third kappa shape index (κ3) is 8.96. The van der Waals surface area contributed by atoms with Crippen LogP contribution < -0.4 is 20.1 Å². The van der Waals surface area contributed by atoms with Crippen molar-refractivity contribution in [1.82, 2.24) is 10.6 Å². The minimum atomic E-state index is -1.31. The summed E-state index contributed by atoms with van der Waals surface area (Å²) in [5.41, 5.74) is -0.329. The lowest BCUT2D eigenvalue weighted by molar-refractivity contribution is 0.0283. The molecule has 0 saturated carbocycles. The smallest absolute Gasteiger partial charge is 0.408 e. The largest absolute Gasteiger partial charge is 0.497 e. The van der Waals surface area contributed by atoms with Crippen molar-refractivity contribution < 1.29 is 33.6 Å². The normalized spacial score (nSPS) is 13.4. The summed E-state index contributed by atoms with van der Waals surface area (Å²) in [6.07, 6.45) is -2.74. The molecular weight excluding hydrogens is 464 g/mol. The van der Waals surface area contributed by atoms with Crippen molar-refractivity contribution in [3.63, 3.8) is 0 Å². The second kappa shape index (κ2) is 12.0. The van der Waals surface area contributed by atoms with Crippen LogP contribution in [0.3, 0.4) is 0 Å². The SMILES string of the molecule is COc1ccc([C@@H](NC(=O)OC(C)(C)C)C(O)[C@H](NC(=O)OC(C)(C)C)c2ccc(OC)cc2)cc1. The molecule has 2 amide bonds. The van der Waals surface area contributed by atoms with Crippen molar-refractivity contribution in [3.05, 3.63) is 59.7 Å². The summed E-state index contributed by atoms with van der Waals surface area (Å²) in [7, 11) is 3.09. The Bertz CT molecular complexity index is 911. The van der Waals surface area contributed by atoms with Gasteiger partial charge in [0, 0.05) is 0 Å². The van der Waals surface area contributed by atoms with Crippen molar-refractivity contribution in [2.75, 3.05) is 14.2 Å². The molecule has 36 heavy (non-hydrogen) atoms. The number of methoxy groups -OCH3 is 2. The lowest BCUT2D eigenvalue weighted by atomic mass is 9.91. The number of hydrogen-bond donors (Lipinski definition) is 3. The summed E-state index contributed by atoms with van der Waals surface area (Å²) in [6.45, 7) is 10.5. The van der Waals surface area contributed by atoms with Crippen LogP contribution in [0.25, 0.3) is 0 Å². The summed E-state index contributed by atoms with van der Waals surface area (Å²) < 4.78 is 21.3. The number of nitrogens with one attached hydrogen (secondary N) is 2. The summed E-state index contributed by atoms with van der Waals surface area (Å²) in [4.78, 5) is 25.4. The first kappa shape index (κ1) is 28.8. The topological polar surface area (TPSA) is 115 Å². The minimum Gasteiger partial charge on any atom is -0.497 e. The van der Waals surface area contributed by atoms with Crippen molar-refractivity contribution in [3.8, 4) is 11.5 Å². The van der Waals surface area contributed by atoms with Crippen LogP contribution >= 0.6 is 0 Å². The van der Waals surface area contributed by atoms with Gasteiger partial charge in [0.25, 0.3) is 0 Å². The summed E-state index contributed by atoms with van der Waals surface area (Å²) >= 11 is 0. The van der Waals surface area contributed by atoms with E-state index in [-0.39, 0.29) is 0 Å². The third-order valence-electron chi connectivity index (χ3n) is 4.98. The molecule has 2 aromatic rings. The van der Waals surface area contributed by atoms with Gasteiger partial charge in [0.15, 0.2) is 0 Å². The van der Waals surface area contributed by atoms with Gasteiger partial charge < -0.3 is 34.7 Å². The highest BCUT2D eigenvalue weighted by atomic mass is 16.6. The number of alkyl carbamates (subject to hydrolysis) is 2. The van der Waals surface area contributed by atoms with E-state index in [2.05, 4.69) is 10.6 Å². The molecule has 0 aliphatic heterocycles. The van der Waals surface area contributed by atoms with Gasteiger partial charge in [-0.3, -0.25) is 0 Å². The molecule has 0 saturated heterocycles. The van der Waals surface area contributed by atoms with Gasteiger partial charge in [0.05, 0.1) is 26.3 Å². The predicted molar refractivity (Wildman–Crippen MR) is 136 cm³/mol. The van der Waals surface area contributed by atoms with E-state index in [4.69, 9.17) is 18.9 Å². The van der Waals surface area contributed by atoms with Gasteiger partial charge >= 0.3 is 12.2 Å². The second-order valence-electron chi connectivity index (χ2n) is 10.3. The Morgan fingerprint density at radius 3 is 1.22 bits per heavy atom. The van der Waals surface area contributed by atoms with E-state index >= 15 is 0 Å². The van der Waals surface area contributed by atoms with Crippen LogP contribution in [-0.4, -0.2) is 48.8 Å². The van der Waals surface area contributed by atoms with Crippen LogP contribution in [0.2, 0.25) is 0 Å². The molecule has 0 aromatic heterocycles. The molecule has 2 rings (SSSR count). The number of benzene rings is 2. The molecule has 198 valence electrons. The molecule has 3 N–H and O–H groups in total. The number of aliphatic hydroxyl groups excluding tert-OH is 1. The predicted octanol–water partition coefficient (Wildman–Crippen LogP) is 4.90. The molecule has 9 heteroatoms. The molecule has 0 spiro atoms. The van der Waals surface area contributed by atoms with Crippen molar-refractivity contribution in [1.29, 1.82) is 0 Å². The zero-order valence-corrected chi connectivity index (χ0v) is 22.2. The molecule has 0 radical (unpaired) electrons. The Morgan fingerprint density at radius 1 is 0.667 bits per heavy atom. The molecular formula is C27H38N2O7. The van der Waals surface area contributed by atoms with Crippen LogP contribution in [0.15, 0.2) is 48.5 Å². The van der Waals surface area contributed by atoms with Crippen LogP contribution in [0.5, 0.6) is 11.5 Å². The highest BCUT2D eigenvalue weighted by molar-refractivity contribution is 5.70. The Morgan fingerprint density at radius 2 is 0.972 bits per heavy atom. The zero-order chi connectivity index (χ0) is 27.1. The van der Waals surface area contributed by atoms with Gasteiger partial charge in [-0.1, -0.05) is 24.3 Å². The lowest BCUT2D eigenvalue weighted by Crippen LogP contribution is -2.47. The number of carbonyl (C=O) groups is 2. The molecule has 0 unspecified atom stereocenters. The van der Waals surface area contributed by atoms with Crippen LogP contribution in [0, 0.1) is 0 Å². The highest BCUT2D eigenvalue weighted by Crippen LogP contribution is 2.30. The van der Waals surface area contributed by atoms with Crippen molar-refractivity contribution >= 4 is 12.2 Å². The highest BCUT2D eigenvalue weighted by Gasteiger charge is 2.34. The number of aliphatic hydroxyl groups is 1. The van der Waals surface area contributed by atoms with E-state index < -0.39 is 41.6 Å². The standard InChI is InChI=1S/C27H38N2O7/c1-26(2,3)35-24(31)28-21(17-9-13-19(33-7)14-10-17)23(30)22(29-25(32)36-27(4,5)6)18-11-15-20(34-8)16-12-18/h9-16,21-23,30H,1-8H3,(H,28,31)(H,29,32)/t21-,22-/m1/s1. The van der Waals surface area contributed by atoms with Gasteiger partial charge in [-0.15, -0.1) is 0 Å². The third-order valence-corrected chi connectivity index (χ3v) is 4.98. The van der Waals surface area contributed by atoms with Crippen LogP contribution in [-0.2, 0) is 9.47 Å². The molecule has 9 nitrogen and oxygen atoms in total. The number of rotatable bonds is 8. The maximum absolute atomic E-state index is 12.7. The number of hydrogen-bond acceptors (Lipinski definition) is 7. The molecule has 2 atom stereocenters. The number of ether oxygens (including phenoxy) is 4. The van der Waals surface area contributed by atoms with E-state index in [9.17, 15) is 14.7 Å². The van der Waals surface area contributed by atoms with E-state index in [1.54, 1.807) is 104 Å². The van der Waals surface area contributed by atoms with Gasteiger partial charge in [-0.2, -0.15) is 0 Å². The fourth-order valence-corrected chi connectivity index (χ4v) is 3.42. The first-order valence-corrected chi connectivity index (χ1v) is 11.7. The molecule has 0 bridgehead atoms. The fraction of sp³-hybridized carbons (Fsp3) is 0.481. The zero-order valence-electron chi connectivity index (χ0n) is 22.2. The second-order valence-corrected chi connectivity index (χ2v) is 10.3. The Balaban J connectivity index is 2.48. The van der Waals surface area contributed by atoms with Gasteiger partial charge in [-0.05, 0) is 76.9 Å². The van der Waals surface area contributed by atoms with E-state index in [1.807, 2.05) is 0 Å². The monoisotopic (exact) mass is 502 g/mol. The van der Waals surface area contributed by atoms with E-state index in [0.717, 1.165) is 0 Å². The first-order valence-electron chi connectivity index (χ1n) is 11.7. The maximum atomic E-state index is 12.7. The summed E-state index contributed by atoms with van der Waals surface area (Å²) in [5.74, 6) is 1.23. The summed E-state index contributed by atoms with van der Waals surface area (Å²) in [6, 6.07) is 11.9. The number of carbonyl (C=O) groups excluding carboxylic acids is 2. The minimum absolute atomic E-state index is 0.582. The average Bonchev–Trinajstić information content (AvgIpc) is 2.78. The van der Waals surface area contributed by atoms with Gasteiger partial charge in [0.2, 0.25) is 0 Å². The average molecular weight is 503 g/mol. The first-order chi connectivity index (χ1) is 16.7. The van der Waals surface area contributed by atoms with Crippen molar-refractivity contribution in [2.24, 2.45) is 0 Å². The Kier molecular flexibility index (Phi) is 9.58. The quantitative estimate of drug-likeness (QED) is 0.470. The lowest BCUT2D eigenvalue weighted by Gasteiger charge is -2.33. The molecule has 0 fully saturated rings. The molecule has 2 aromatic carbocycles. The molecule has 0 heterocycles. The van der Waals surface area contributed by atoms with E-state index in [1.165, 1.54) is 0 Å². The van der Waals surface area contributed by atoms with Crippen molar-refractivity contribution in [2.45, 2.75) is 70.9 Å². The summed E-state index contributed by atoms with van der Waals surface area (Å²) in [5, 5.41) is 17.1. The number of amides is 2. The fourth-order valence-electron chi connectivity index (χ4n) is 3.42. The molecule has 0 aliphatic rings. The van der Waals surface area contributed by atoms with Gasteiger partial charge in [0.1, 0.15) is 28.8 Å². The van der Waals surface area contributed by atoms with Gasteiger partial charge in [-0.25, -0.2) is 9.59 Å². The van der Waals surface area contributed by atoms with E-state index in [0.29, 0.717) is 22.6 Å².